The maximum atomic E-state index is 12.3. The highest BCUT2D eigenvalue weighted by Crippen LogP contribution is 2.17. The third-order valence-electron chi connectivity index (χ3n) is 4.94. The summed E-state index contributed by atoms with van der Waals surface area (Å²) in [5.41, 5.74) is 1.18. The van der Waals surface area contributed by atoms with Gasteiger partial charge in [-0.15, -0.1) is 11.3 Å². The Balaban J connectivity index is 1.38. The summed E-state index contributed by atoms with van der Waals surface area (Å²) in [5.74, 6) is 1.05. The number of amides is 1. The molecule has 0 spiro atoms. The van der Waals surface area contributed by atoms with Gasteiger partial charge in [0, 0.05) is 44.5 Å². The molecule has 0 saturated carbocycles. The Bertz CT molecular complexity index is 504. The summed E-state index contributed by atoms with van der Waals surface area (Å²) in [6, 6.07) is 0. The number of carbonyl (C=O) groups excluding carboxylic acids is 1. The Morgan fingerprint density at radius 2 is 2.22 bits per heavy atom. The number of nitrogens with zero attached hydrogens (tertiary/aromatic N) is 3. The molecule has 2 aliphatic rings. The molecule has 1 N–H and O–H groups in total. The number of aryl methyl sites for hydroxylation is 1. The summed E-state index contributed by atoms with van der Waals surface area (Å²) in [7, 11) is 0. The van der Waals surface area contributed by atoms with Gasteiger partial charge in [-0.05, 0) is 38.3 Å². The van der Waals surface area contributed by atoms with Gasteiger partial charge in [0.05, 0.1) is 10.7 Å². The van der Waals surface area contributed by atoms with Crippen LogP contribution in [-0.2, 0) is 17.8 Å². The fourth-order valence-corrected chi connectivity index (χ4v) is 4.15. The Kier molecular flexibility index (Phi) is 6.02. The van der Waals surface area contributed by atoms with E-state index in [1.165, 1.54) is 17.1 Å². The normalized spacial score (nSPS) is 22.7. The van der Waals surface area contributed by atoms with Gasteiger partial charge in [0.2, 0.25) is 5.91 Å². The van der Waals surface area contributed by atoms with Crippen LogP contribution in [0.3, 0.4) is 0 Å². The zero-order chi connectivity index (χ0) is 16.1. The molecule has 128 valence electrons. The maximum absolute atomic E-state index is 12.3. The highest BCUT2D eigenvalue weighted by Gasteiger charge is 2.23. The zero-order valence-corrected chi connectivity index (χ0v) is 14.9. The van der Waals surface area contributed by atoms with E-state index in [-0.39, 0.29) is 0 Å². The minimum atomic E-state index is 0.346. The van der Waals surface area contributed by atoms with Gasteiger partial charge in [0.15, 0.2) is 0 Å². The molecule has 0 aliphatic carbocycles. The van der Waals surface area contributed by atoms with Crippen LogP contribution in [0.2, 0.25) is 0 Å². The quantitative estimate of drug-likeness (QED) is 0.860. The lowest BCUT2D eigenvalue weighted by molar-refractivity contribution is -0.133. The predicted molar refractivity (Wildman–Crippen MR) is 93.6 cm³/mol. The van der Waals surface area contributed by atoms with Gasteiger partial charge >= 0.3 is 0 Å². The lowest BCUT2D eigenvalue weighted by atomic mass is 10.0. The lowest BCUT2D eigenvalue weighted by Gasteiger charge is -2.34. The summed E-state index contributed by atoms with van der Waals surface area (Å²) >= 11 is 1.75. The van der Waals surface area contributed by atoms with E-state index in [0.717, 1.165) is 65.1 Å². The van der Waals surface area contributed by atoms with Crippen molar-refractivity contribution in [3.63, 3.8) is 0 Å². The number of hydrogen-bond acceptors (Lipinski definition) is 5. The number of aromatic nitrogens is 1. The van der Waals surface area contributed by atoms with Crippen LogP contribution in [-0.4, -0.2) is 60.0 Å². The predicted octanol–water partition coefficient (Wildman–Crippen LogP) is 1.74. The van der Waals surface area contributed by atoms with Crippen molar-refractivity contribution in [1.82, 2.24) is 20.1 Å². The maximum Gasteiger partial charge on any atom is 0.222 e. The average Bonchev–Trinajstić information content (AvgIpc) is 3.25. The van der Waals surface area contributed by atoms with Crippen LogP contribution < -0.4 is 5.32 Å². The van der Waals surface area contributed by atoms with Gasteiger partial charge in [-0.25, -0.2) is 4.98 Å². The van der Waals surface area contributed by atoms with Crippen LogP contribution in [0.1, 0.15) is 36.9 Å². The van der Waals surface area contributed by atoms with Crippen molar-refractivity contribution in [2.24, 2.45) is 5.92 Å². The molecule has 2 fully saturated rings. The van der Waals surface area contributed by atoms with Crippen LogP contribution >= 0.6 is 11.3 Å². The molecule has 0 radical (unpaired) electrons. The molecule has 0 aromatic carbocycles. The van der Waals surface area contributed by atoms with Gasteiger partial charge < -0.3 is 10.2 Å². The molecule has 1 aromatic rings. The van der Waals surface area contributed by atoms with Crippen LogP contribution in [0.5, 0.6) is 0 Å². The first-order chi connectivity index (χ1) is 11.2. The van der Waals surface area contributed by atoms with Gasteiger partial charge in [-0.1, -0.05) is 6.92 Å². The number of rotatable bonds is 6. The molecule has 0 bridgehead atoms. The highest BCUT2D eigenvalue weighted by molar-refractivity contribution is 7.09. The van der Waals surface area contributed by atoms with Gasteiger partial charge in [-0.2, -0.15) is 0 Å². The van der Waals surface area contributed by atoms with E-state index < -0.39 is 0 Å². The topological polar surface area (TPSA) is 48.5 Å². The smallest absolute Gasteiger partial charge is 0.222 e. The molecule has 3 rings (SSSR count). The molecule has 2 saturated heterocycles. The van der Waals surface area contributed by atoms with Crippen molar-refractivity contribution in [3.05, 3.63) is 16.1 Å². The van der Waals surface area contributed by atoms with E-state index >= 15 is 0 Å². The standard InChI is InChI=1S/C17H28N4OS/c1-2-16-19-15(13-23-16)12-20-7-9-21(10-8-20)17(22)4-3-14-5-6-18-11-14/h13-14,18H,2-12H2,1H3. The number of carbonyl (C=O) groups is 1. The molecule has 23 heavy (non-hydrogen) atoms. The molecular weight excluding hydrogens is 308 g/mol. The van der Waals surface area contributed by atoms with E-state index in [9.17, 15) is 4.79 Å². The van der Waals surface area contributed by atoms with Crippen molar-refractivity contribution >= 4 is 17.2 Å². The van der Waals surface area contributed by atoms with Crippen molar-refractivity contribution in [2.75, 3.05) is 39.3 Å². The molecule has 1 amide bonds. The summed E-state index contributed by atoms with van der Waals surface area (Å²) < 4.78 is 0. The first kappa shape index (κ1) is 16.9. The van der Waals surface area contributed by atoms with Gasteiger partial charge in [0.1, 0.15) is 0 Å². The monoisotopic (exact) mass is 336 g/mol. The Hall–Kier alpha value is -0.980. The van der Waals surface area contributed by atoms with Crippen LogP contribution in [0.25, 0.3) is 0 Å². The van der Waals surface area contributed by atoms with E-state index in [4.69, 9.17) is 0 Å². The summed E-state index contributed by atoms with van der Waals surface area (Å²) in [6.07, 6.45) is 4.01. The zero-order valence-electron chi connectivity index (χ0n) is 14.1. The van der Waals surface area contributed by atoms with Gasteiger partial charge in [-0.3, -0.25) is 9.69 Å². The Morgan fingerprint density at radius 1 is 1.39 bits per heavy atom. The molecule has 3 heterocycles. The van der Waals surface area contributed by atoms with E-state index in [0.29, 0.717) is 11.8 Å². The number of nitrogens with one attached hydrogen (secondary N) is 1. The third kappa shape index (κ3) is 4.75. The fraction of sp³-hybridized carbons (Fsp3) is 0.765. The third-order valence-corrected chi connectivity index (χ3v) is 5.98. The largest absolute Gasteiger partial charge is 0.340 e. The second kappa shape index (κ2) is 8.22. The second-order valence-electron chi connectivity index (χ2n) is 6.64. The first-order valence-electron chi connectivity index (χ1n) is 8.88. The lowest BCUT2D eigenvalue weighted by Crippen LogP contribution is -2.48. The SMILES string of the molecule is CCc1nc(CN2CCN(C(=O)CCC3CCNC3)CC2)cs1. The van der Waals surface area contributed by atoms with Crippen LogP contribution in [0.15, 0.2) is 5.38 Å². The van der Waals surface area contributed by atoms with E-state index in [1.54, 1.807) is 11.3 Å². The van der Waals surface area contributed by atoms with E-state index in [1.807, 2.05) is 0 Å². The number of hydrogen-bond donors (Lipinski definition) is 1. The molecule has 6 heteroatoms. The molecule has 2 aliphatic heterocycles. The summed E-state index contributed by atoms with van der Waals surface area (Å²) in [5, 5.41) is 6.76. The van der Waals surface area contributed by atoms with Gasteiger partial charge in [0.25, 0.3) is 0 Å². The molecule has 1 aromatic heterocycles. The highest BCUT2D eigenvalue weighted by atomic mass is 32.1. The Labute approximate surface area is 143 Å². The summed E-state index contributed by atoms with van der Waals surface area (Å²) in [6.45, 7) is 8.95. The van der Waals surface area contributed by atoms with Crippen molar-refractivity contribution in [2.45, 2.75) is 39.2 Å². The van der Waals surface area contributed by atoms with Crippen molar-refractivity contribution in [3.8, 4) is 0 Å². The first-order valence-corrected chi connectivity index (χ1v) is 9.76. The molecule has 1 unspecified atom stereocenters. The fourth-order valence-electron chi connectivity index (χ4n) is 3.41. The van der Waals surface area contributed by atoms with Crippen LogP contribution in [0.4, 0.5) is 0 Å². The van der Waals surface area contributed by atoms with Crippen molar-refractivity contribution in [1.29, 1.82) is 0 Å². The minimum Gasteiger partial charge on any atom is -0.340 e. The van der Waals surface area contributed by atoms with Crippen LogP contribution in [0, 0.1) is 5.92 Å². The summed E-state index contributed by atoms with van der Waals surface area (Å²) in [4.78, 5) is 21.4. The molecular formula is C17H28N4OS. The Morgan fingerprint density at radius 3 is 2.87 bits per heavy atom. The number of piperazine rings is 1. The average molecular weight is 337 g/mol. The minimum absolute atomic E-state index is 0.346. The second-order valence-corrected chi connectivity index (χ2v) is 7.58. The van der Waals surface area contributed by atoms with Crippen molar-refractivity contribution < 1.29 is 4.79 Å². The molecule has 5 nitrogen and oxygen atoms in total. The van der Waals surface area contributed by atoms with E-state index in [2.05, 4.69) is 32.4 Å². The molecule has 1 atom stereocenters. The number of thiazole rings is 1.